The van der Waals surface area contributed by atoms with Gasteiger partial charge < -0.3 is 14.9 Å². The molecule has 3 nitrogen and oxygen atoms in total. The molecule has 2 atom stereocenters. The normalized spacial score (nSPS) is 14.3. The molecule has 19 heavy (non-hydrogen) atoms. The molecule has 0 bridgehead atoms. The quantitative estimate of drug-likeness (QED) is 0.862. The molecule has 2 N–H and O–H groups in total. The van der Waals surface area contributed by atoms with Crippen LogP contribution < -0.4 is 5.73 Å². The topological polar surface area (TPSA) is 48.4 Å². The van der Waals surface area contributed by atoms with Gasteiger partial charge >= 0.3 is 0 Å². The molecule has 3 heteroatoms. The van der Waals surface area contributed by atoms with E-state index in [-0.39, 0.29) is 12.0 Å². The Labute approximate surface area is 114 Å². The molecule has 0 aliphatic carbocycles. The Kier molecular flexibility index (Phi) is 4.77. The molecule has 0 aliphatic rings. The monoisotopic (exact) mass is 259 g/mol. The molecule has 102 valence electrons. The lowest BCUT2D eigenvalue weighted by Gasteiger charge is -2.21. The number of nitrogens with two attached hydrogens (primary N) is 1. The van der Waals surface area contributed by atoms with Crippen LogP contribution in [-0.2, 0) is 11.3 Å². The van der Waals surface area contributed by atoms with Crippen molar-refractivity contribution in [3.63, 3.8) is 0 Å². The zero-order valence-electron chi connectivity index (χ0n) is 11.5. The van der Waals surface area contributed by atoms with Gasteiger partial charge in [0.25, 0.3) is 0 Å². The number of benzene rings is 1. The first kappa shape index (κ1) is 13.8. The SMILES string of the molecule is CCC(c1ccccc1)C(N)c1ccc(COC)o1. The summed E-state index contributed by atoms with van der Waals surface area (Å²) in [6.45, 7) is 2.63. The van der Waals surface area contributed by atoms with Crippen LogP contribution in [0.2, 0.25) is 0 Å². The molecule has 0 fully saturated rings. The van der Waals surface area contributed by atoms with Gasteiger partial charge in [0, 0.05) is 13.0 Å². The summed E-state index contributed by atoms with van der Waals surface area (Å²) in [7, 11) is 1.65. The minimum Gasteiger partial charge on any atom is -0.462 e. The van der Waals surface area contributed by atoms with Crippen LogP contribution >= 0.6 is 0 Å². The minimum absolute atomic E-state index is 0.127. The van der Waals surface area contributed by atoms with Gasteiger partial charge in [-0.25, -0.2) is 0 Å². The fourth-order valence-electron chi connectivity index (χ4n) is 2.39. The van der Waals surface area contributed by atoms with Gasteiger partial charge in [-0.1, -0.05) is 37.3 Å². The van der Waals surface area contributed by atoms with E-state index < -0.39 is 0 Å². The molecule has 1 heterocycles. The third-order valence-corrected chi connectivity index (χ3v) is 3.40. The van der Waals surface area contributed by atoms with Gasteiger partial charge in [-0.2, -0.15) is 0 Å². The van der Waals surface area contributed by atoms with Crippen LogP contribution in [0.25, 0.3) is 0 Å². The molecule has 2 rings (SSSR count). The molecule has 1 aromatic carbocycles. The Morgan fingerprint density at radius 1 is 1.16 bits per heavy atom. The maximum Gasteiger partial charge on any atom is 0.129 e. The molecule has 0 radical (unpaired) electrons. The smallest absolute Gasteiger partial charge is 0.129 e. The largest absolute Gasteiger partial charge is 0.462 e. The molecular weight excluding hydrogens is 238 g/mol. The van der Waals surface area contributed by atoms with Crippen molar-refractivity contribution in [2.24, 2.45) is 5.73 Å². The highest BCUT2D eigenvalue weighted by Crippen LogP contribution is 2.32. The lowest BCUT2D eigenvalue weighted by Crippen LogP contribution is -2.18. The van der Waals surface area contributed by atoms with Gasteiger partial charge in [-0.15, -0.1) is 0 Å². The highest BCUT2D eigenvalue weighted by Gasteiger charge is 2.22. The Morgan fingerprint density at radius 2 is 1.89 bits per heavy atom. The third-order valence-electron chi connectivity index (χ3n) is 3.40. The van der Waals surface area contributed by atoms with E-state index in [4.69, 9.17) is 14.9 Å². The van der Waals surface area contributed by atoms with E-state index >= 15 is 0 Å². The first-order valence-corrected chi connectivity index (χ1v) is 6.64. The molecule has 0 saturated heterocycles. The van der Waals surface area contributed by atoms with Crippen molar-refractivity contribution in [2.75, 3.05) is 7.11 Å². The van der Waals surface area contributed by atoms with Gasteiger partial charge in [0.2, 0.25) is 0 Å². The number of methoxy groups -OCH3 is 1. The summed E-state index contributed by atoms with van der Waals surface area (Å²) in [5.74, 6) is 1.90. The summed E-state index contributed by atoms with van der Waals surface area (Å²) in [6, 6.07) is 14.1. The van der Waals surface area contributed by atoms with E-state index in [1.807, 2.05) is 30.3 Å². The predicted molar refractivity (Wildman–Crippen MR) is 75.8 cm³/mol. The standard InChI is InChI=1S/C16H21NO2/c1-3-14(12-7-5-4-6-8-12)16(17)15-10-9-13(19-15)11-18-2/h4-10,14,16H,3,11,17H2,1-2H3. The van der Waals surface area contributed by atoms with Crippen molar-refractivity contribution in [2.45, 2.75) is 31.9 Å². The van der Waals surface area contributed by atoms with Crippen LogP contribution in [0, 0.1) is 0 Å². The van der Waals surface area contributed by atoms with Gasteiger partial charge in [-0.05, 0) is 24.1 Å². The first-order valence-electron chi connectivity index (χ1n) is 6.64. The molecule has 0 aliphatic heterocycles. The molecular formula is C16H21NO2. The summed E-state index contributed by atoms with van der Waals surface area (Å²) < 4.78 is 10.8. The minimum atomic E-state index is -0.127. The van der Waals surface area contributed by atoms with Gasteiger partial charge in [0.1, 0.15) is 18.1 Å². The number of furan rings is 1. The van der Waals surface area contributed by atoms with Crippen molar-refractivity contribution in [1.82, 2.24) is 0 Å². The Bertz CT molecular complexity index is 492. The van der Waals surface area contributed by atoms with E-state index in [2.05, 4.69) is 19.1 Å². The molecule has 1 aromatic heterocycles. The Hall–Kier alpha value is -1.58. The number of hydrogen-bond acceptors (Lipinski definition) is 3. The molecule has 2 aromatic rings. The van der Waals surface area contributed by atoms with E-state index in [1.54, 1.807) is 7.11 Å². The maximum atomic E-state index is 6.36. The van der Waals surface area contributed by atoms with Crippen molar-refractivity contribution in [3.05, 3.63) is 59.5 Å². The zero-order valence-corrected chi connectivity index (χ0v) is 11.5. The fraction of sp³-hybridized carbons (Fsp3) is 0.375. The van der Waals surface area contributed by atoms with Crippen molar-refractivity contribution in [3.8, 4) is 0 Å². The number of hydrogen-bond donors (Lipinski definition) is 1. The second kappa shape index (κ2) is 6.55. The zero-order chi connectivity index (χ0) is 13.7. The van der Waals surface area contributed by atoms with Crippen LogP contribution in [0.15, 0.2) is 46.9 Å². The Balaban J connectivity index is 2.18. The van der Waals surface area contributed by atoms with Crippen LogP contribution in [0.3, 0.4) is 0 Å². The van der Waals surface area contributed by atoms with Crippen LogP contribution in [0.1, 0.15) is 42.4 Å². The van der Waals surface area contributed by atoms with E-state index in [0.29, 0.717) is 6.61 Å². The van der Waals surface area contributed by atoms with Gasteiger partial charge in [0.15, 0.2) is 0 Å². The highest BCUT2D eigenvalue weighted by molar-refractivity contribution is 5.24. The van der Waals surface area contributed by atoms with Gasteiger partial charge in [0.05, 0.1) is 6.04 Å². The van der Waals surface area contributed by atoms with Crippen LogP contribution in [-0.4, -0.2) is 7.11 Å². The lowest BCUT2D eigenvalue weighted by molar-refractivity contribution is 0.161. The number of rotatable bonds is 6. The Morgan fingerprint density at radius 3 is 2.53 bits per heavy atom. The molecule has 0 amide bonds. The van der Waals surface area contributed by atoms with Gasteiger partial charge in [-0.3, -0.25) is 0 Å². The summed E-state index contributed by atoms with van der Waals surface area (Å²) in [5.41, 5.74) is 7.61. The van der Waals surface area contributed by atoms with E-state index in [0.717, 1.165) is 17.9 Å². The number of ether oxygens (including phenoxy) is 1. The van der Waals surface area contributed by atoms with E-state index in [1.165, 1.54) is 5.56 Å². The summed E-state index contributed by atoms with van der Waals surface area (Å²) in [6.07, 6.45) is 0.978. The average molecular weight is 259 g/mol. The second-order valence-electron chi connectivity index (χ2n) is 4.69. The first-order chi connectivity index (χ1) is 9.26. The van der Waals surface area contributed by atoms with Crippen molar-refractivity contribution in [1.29, 1.82) is 0 Å². The molecule has 0 saturated carbocycles. The lowest BCUT2D eigenvalue weighted by atomic mass is 9.88. The summed E-state index contributed by atoms with van der Waals surface area (Å²) in [5, 5.41) is 0. The van der Waals surface area contributed by atoms with E-state index in [9.17, 15) is 0 Å². The summed E-state index contributed by atoms with van der Waals surface area (Å²) >= 11 is 0. The predicted octanol–water partition coefficient (Wildman–Crippen LogP) is 3.62. The van der Waals surface area contributed by atoms with Crippen LogP contribution in [0.5, 0.6) is 0 Å². The highest BCUT2D eigenvalue weighted by atomic mass is 16.5. The fourth-order valence-corrected chi connectivity index (χ4v) is 2.39. The third kappa shape index (κ3) is 3.25. The van der Waals surface area contributed by atoms with Crippen molar-refractivity contribution >= 4 is 0 Å². The average Bonchev–Trinajstić information content (AvgIpc) is 2.90. The summed E-state index contributed by atoms with van der Waals surface area (Å²) in [4.78, 5) is 0. The second-order valence-corrected chi connectivity index (χ2v) is 4.69. The van der Waals surface area contributed by atoms with Crippen LogP contribution in [0.4, 0.5) is 0 Å². The molecule has 0 spiro atoms. The maximum absolute atomic E-state index is 6.36. The van der Waals surface area contributed by atoms with Crippen molar-refractivity contribution < 1.29 is 9.15 Å². The molecule has 2 unspecified atom stereocenters.